The minimum atomic E-state index is -2.43. The van der Waals surface area contributed by atoms with Crippen LogP contribution in [0.1, 0.15) is 64.7 Å². The number of hydrogen-bond donors (Lipinski definition) is 0. The smallest absolute Gasteiger partial charge is 0.250 e. The van der Waals surface area contributed by atoms with E-state index in [4.69, 9.17) is 8.85 Å². The summed E-state index contributed by atoms with van der Waals surface area (Å²) in [5.74, 6) is -0.397. The lowest BCUT2D eigenvalue weighted by Gasteiger charge is -2.48. The van der Waals surface area contributed by atoms with Crippen molar-refractivity contribution in [3.8, 4) is 0 Å². The number of hydrogen-bond acceptors (Lipinski definition) is 4. The van der Waals surface area contributed by atoms with Crippen LogP contribution >= 0.6 is 0 Å². The third kappa shape index (κ3) is 7.53. The van der Waals surface area contributed by atoms with Crippen molar-refractivity contribution in [3.63, 3.8) is 0 Å². The Morgan fingerprint density at radius 1 is 0.741 bits per heavy atom. The van der Waals surface area contributed by atoms with Crippen LogP contribution in [0.4, 0.5) is 11.4 Å². The maximum atomic E-state index is 15.8. The Bertz CT molecular complexity index is 1980. The van der Waals surface area contributed by atoms with E-state index >= 15 is 9.59 Å². The van der Waals surface area contributed by atoms with Gasteiger partial charge in [0.05, 0.1) is 24.4 Å². The first kappa shape index (κ1) is 39.4. The molecule has 0 fully saturated rings. The zero-order valence-corrected chi connectivity index (χ0v) is 35.9. The second-order valence-electron chi connectivity index (χ2n) is 18.1. The molecule has 0 saturated heterocycles. The number of fused-ring (bicyclic) bond motifs is 2. The summed E-state index contributed by atoms with van der Waals surface area (Å²) < 4.78 is 14.6. The van der Waals surface area contributed by atoms with Gasteiger partial charge >= 0.3 is 0 Å². The SMILES string of the molecule is CC(C)(C)[Si](C)(C)OC1=C[C@H](C(=O)N(Cc2ccccc2)c2ccccc2)[C@]2(C[C@H]1O[Si](C)(C)C(C)(C)C)C(=O)N(Cc1ccccc1)c1ccccc12. The molecular formula is C46H58N2O4Si2. The maximum Gasteiger partial charge on any atom is 0.250 e. The number of amides is 2. The van der Waals surface area contributed by atoms with Crippen LogP contribution in [0.3, 0.4) is 0 Å². The van der Waals surface area contributed by atoms with E-state index in [2.05, 4.69) is 85.9 Å². The molecular weight excluding hydrogens is 701 g/mol. The summed E-state index contributed by atoms with van der Waals surface area (Å²) in [5.41, 5.74) is 3.28. The van der Waals surface area contributed by atoms with Crippen LogP contribution in [0.25, 0.3) is 0 Å². The highest BCUT2D eigenvalue weighted by molar-refractivity contribution is 6.75. The Balaban J connectivity index is 1.60. The fraction of sp³-hybridized carbons (Fsp3) is 0.391. The molecule has 0 radical (unpaired) electrons. The van der Waals surface area contributed by atoms with E-state index < -0.39 is 34.1 Å². The average Bonchev–Trinajstić information content (AvgIpc) is 3.34. The van der Waals surface area contributed by atoms with Crippen molar-refractivity contribution in [1.82, 2.24) is 0 Å². The standard InChI is InChI=1S/C46H58N2O4Si2/c1-44(2,3)53(7,8)51-40-30-38(42(49)47(36-26-18-13-19-27-36)32-34-22-14-11-15-23-34)46(31-41(40)52-54(9,10)45(4,5)6)37-28-20-21-29-39(37)48(43(46)50)33-35-24-16-12-17-25-35/h11-30,38,41H,31-33H2,1-10H3/t38-,41-,46-/m1/s1. The number of carbonyl (C=O) groups excluding carboxylic acids is 2. The van der Waals surface area contributed by atoms with Crippen molar-refractivity contribution in [2.75, 3.05) is 9.80 Å². The molecule has 0 bridgehead atoms. The summed E-state index contributed by atoms with van der Waals surface area (Å²) in [6.07, 6.45) is 1.79. The first-order valence-electron chi connectivity index (χ1n) is 19.3. The molecule has 6 nitrogen and oxygen atoms in total. The number of carbonyl (C=O) groups is 2. The van der Waals surface area contributed by atoms with Crippen molar-refractivity contribution < 1.29 is 18.4 Å². The fourth-order valence-electron chi connectivity index (χ4n) is 7.21. The lowest BCUT2D eigenvalue weighted by molar-refractivity contribution is -0.133. The molecule has 0 saturated carbocycles. The second-order valence-corrected chi connectivity index (χ2v) is 27.6. The summed E-state index contributed by atoms with van der Waals surface area (Å²) in [4.78, 5) is 35.2. The summed E-state index contributed by atoms with van der Waals surface area (Å²) >= 11 is 0. The molecule has 0 unspecified atom stereocenters. The zero-order valence-electron chi connectivity index (χ0n) is 33.9. The van der Waals surface area contributed by atoms with E-state index in [1.165, 1.54) is 0 Å². The van der Waals surface area contributed by atoms with Crippen LogP contribution in [0, 0.1) is 5.92 Å². The van der Waals surface area contributed by atoms with Gasteiger partial charge in [-0.2, -0.15) is 0 Å². The highest BCUT2D eigenvalue weighted by Crippen LogP contribution is 2.56. The molecule has 2 amide bonds. The zero-order chi connectivity index (χ0) is 39.1. The molecule has 4 aromatic carbocycles. The van der Waals surface area contributed by atoms with Crippen molar-refractivity contribution in [3.05, 3.63) is 144 Å². The van der Waals surface area contributed by atoms with Gasteiger partial charge in [0.1, 0.15) is 11.9 Å². The highest BCUT2D eigenvalue weighted by Gasteiger charge is 2.62. The monoisotopic (exact) mass is 758 g/mol. The van der Waals surface area contributed by atoms with Gasteiger partial charge < -0.3 is 18.7 Å². The third-order valence-corrected chi connectivity index (χ3v) is 21.2. The molecule has 8 heteroatoms. The maximum absolute atomic E-state index is 15.8. The molecule has 1 heterocycles. The van der Waals surface area contributed by atoms with Crippen LogP contribution in [0.2, 0.25) is 36.3 Å². The van der Waals surface area contributed by atoms with E-state index in [0.717, 1.165) is 28.1 Å². The van der Waals surface area contributed by atoms with Crippen molar-refractivity contribution >= 4 is 39.8 Å². The van der Waals surface area contributed by atoms with Gasteiger partial charge in [0, 0.05) is 11.4 Å². The van der Waals surface area contributed by atoms with E-state index in [1.54, 1.807) is 0 Å². The second kappa shape index (κ2) is 14.8. The normalized spacial score (nSPS) is 20.4. The number of anilines is 2. The quantitative estimate of drug-likeness (QED) is 0.151. The minimum absolute atomic E-state index is 0.0786. The summed E-state index contributed by atoms with van der Waals surface area (Å²) in [5, 5.41) is -0.193. The highest BCUT2D eigenvalue weighted by atomic mass is 28.4. The lowest BCUT2D eigenvalue weighted by atomic mass is 9.64. The van der Waals surface area contributed by atoms with Crippen molar-refractivity contribution in [2.24, 2.45) is 5.92 Å². The van der Waals surface area contributed by atoms with Crippen LogP contribution in [-0.2, 0) is 36.9 Å². The van der Waals surface area contributed by atoms with E-state index in [-0.39, 0.29) is 21.9 Å². The van der Waals surface area contributed by atoms with Gasteiger partial charge in [0.2, 0.25) is 20.1 Å². The van der Waals surface area contributed by atoms with Crippen LogP contribution < -0.4 is 9.80 Å². The molecule has 1 aliphatic heterocycles. The molecule has 3 atom stereocenters. The predicted octanol–water partition coefficient (Wildman–Crippen LogP) is 11.0. The van der Waals surface area contributed by atoms with E-state index in [0.29, 0.717) is 25.3 Å². The number of para-hydroxylation sites is 2. The molecule has 1 spiro atoms. The Labute approximate surface area is 325 Å². The minimum Gasteiger partial charge on any atom is -0.545 e. The molecule has 1 aliphatic carbocycles. The Morgan fingerprint density at radius 3 is 1.83 bits per heavy atom. The van der Waals surface area contributed by atoms with Crippen molar-refractivity contribution in [1.29, 1.82) is 0 Å². The van der Waals surface area contributed by atoms with Crippen molar-refractivity contribution in [2.45, 2.75) is 109 Å². The fourth-order valence-corrected chi connectivity index (χ4v) is 9.57. The van der Waals surface area contributed by atoms with Crippen LogP contribution in [-0.4, -0.2) is 34.6 Å². The third-order valence-electron chi connectivity index (χ3n) is 12.4. The topological polar surface area (TPSA) is 59.1 Å². The van der Waals surface area contributed by atoms with Crippen LogP contribution in [0.5, 0.6) is 0 Å². The molecule has 6 rings (SSSR count). The molecule has 284 valence electrons. The van der Waals surface area contributed by atoms with Gasteiger partial charge in [-0.3, -0.25) is 9.59 Å². The van der Waals surface area contributed by atoms with E-state index in [9.17, 15) is 0 Å². The van der Waals surface area contributed by atoms with Gasteiger partial charge in [-0.15, -0.1) is 0 Å². The lowest BCUT2D eigenvalue weighted by Crippen LogP contribution is -2.57. The summed E-state index contributed by atoms with van der Waals surface area (Å²) in [7, 11) is -4.84. The predicted molar refractivity (Wildman–Crippen MR) is 226 cm³/mol. The molecule has 2 aliphatic rings. The Kier molecular flexibility index (Phi) is 10.8. The number of benzene rings is 4. The molecule has 4 aromatic rings. The molecule has 0 aromatic heterocycles. The largest absolute Gasteiger partial charge is 0.545 e. The first-order valence-corrected chi connectivity index (χ1v) is 25.1. The average molecular weight is 759 g/mol. The van der Waals surface area contributed by atoms with Gasteiger partial charge in [-0.1, -0.05) is 139 Å². The number of nitrogens with zero attached hydrogens (tertiary/aromatic N) is 2. The molecule has 0 N–H and O–H groups in total. The van der Waals surface area contributed by atoms with Crippen LogP contribution in [0.15, 0.2) is 127 Å². The summed E-state index contributed by atoms with van der Waals surface area (Å²) in [6, 6.07) is 38.1. The Morgan fingerprint density at radius 2 is 1.26 bits per heavy atom. The van der Waals surface area contributed by atoms with Gasteiger partial charge in [-0.05, 0) is 83.7 Å². The van der Waals surface area contributed by atoms with Gasteiger partial charge in [0.25, 0.3) is 0 Å². The number of rotatable bonds is 10. The van der Waals surface area contributed by atoms with Gasteiger partial charge in [-0.25, -0.2) is 0 Å². The molecule has 54 heavy (non-hydrogen) atoms. The summed E-state index contributed by atoms with van der Waals surface area (Å²) in [6.45, 7) is 23.1. The first-order chi connectivity index (χ1) is 25.4. The van der Waals surface area contributed by atoms with Gasteiger partial charge in [0.15, 0.2) is 8.32 Å². The Hall–Kier alpha value is -4.25. The van der Waals surface area contributed by atoms with E-state index in [1.807, 2.05) is 113 Å².